The van der Waals surface area contributed by atoms with Crippen molar-refractivity contribution in [2.45, 2.75) is 6.92 Å². The summed E-state index contributed by atoms with van der Waals surface area (Å²) in [6.45, 7) is 1.92. The number of nitrogens with zero attached hydrogens (tertiary/aromatic N) is 1. The minimum atomic E-state index is 0.792. The predicted molar refractivity (Wildman–Crippen MR) is 64.4 cm³/mol. The second kappa shape index (κ2) is 3.71. The second-order valence-electron chi connectivity index (χ2n) is 2.98. The first-order valence-electron chi connectivity index (χ1n) is 4.15. The van der Waals surface area contributed by atoms with E-state index in [-0.39, 0.29) is 0 Å². The van der Waals surface area contributed by atoms with Gasteiger partial charge < -0.3 is 5.73 Å². The zero-order valence-electron chi connectivity index (χ0n) is 7.62. The Morgan fingerprint density at radius 1 is 1.43 bits per heavy atom. The fraction of sp³-hybridized carbons (Fsp3) is 0.100. The second-order valence-corrected chi connectivity index (χ2v) is 4.93. The molecule has 0 saturated carbocycles. The molecule has 2 nitrogen and oxygen atoms in total. The molecule has 0 aliphatic rings. The number of aromatic nitrogens is 1. The molecule has 0 radical (unpaired) electrons. The number of thiazole rings is 1. The summed E-state index contributed by atoms with van der Waals surface area (Å²) in [7, 11) is 0. The van der Waals surface area contributed by atoms with Crippen LogP contribution in [-0.4, -0.2) is 4.98 Å². The van der Waals surface area contributed by atoms with Gasteiger partial charge in [-0.2, -0.15) is 0 Å². The molecule has 0 bridgehead atoms. The number of hydrogen-bond donors (Lipinski definition) is 1. The largest absolute Gasteiger partial charge is 0.389 e. The molecule has 2 rings (SSSR count). The number of anilines is 1. The Balaban J connectivity index is 2.49. The van der Waals surface area contributed by atoms with E-state index in [0.29, 0.717) is 0 Å². The van der Waals surface area contributed by atoms with Crippen LogP contribution in [0.1, 0.15) is 5.69 Å². The molecule has 4 heteroatoms. The Kier molecular flexibility index (Phi) is 2.56. The van der Waals surface area contributed by atoms with Crippen molar-refractivity contribution in [1.82, 2.24) is 4.98 Å². The van der Waals surface area contributed by atoms with E-state index in [9.17, 15) is 0 Å². The van der Waals surface area contributed by atoms with Crippen molar-refractivity contribution in [1.29, 1.82) is 0 Å². The van der Waals surface area contributed by atoms with E-state index in [1.807, 2.05) is 31.2 Å². The maximum absolute atomic E-state index is 5.76. The average Bonchev–Trinajstić information content (AvgIpc) is 2.47. The lowest BCUT2D eigenvalue weighted by molar-refractivity contribution is 1.27. The Labute approximate surface area is 94.9 Å². The standard InChI is InChI=1S/C10H9BrN2S/c1-6-9(12)14-10(13-6)7-3-2-4-8(11)5-7/h2-5H,12H2,1H3. The van der Waals surface area contributed by atoms with Crippen molar-refractivity contribution < 1.29 is 0 Å². The first-order chi connectivity index (χ1) is 6.66. The van der Waals surface area contributed by atoms with Gasteiger partial charge in [0.1, 0.15) is 10.0 Å². The van der Waals surface area contributed by atoms with E-state index in [1.165, 1.54) is 11.3 Å². The minimum absolute atomic E-state index is 0.792. The van der Waals surface area contributed by atoms with E-state index >= 15 is 0 Å². The van der Waals surface area contributed by atoms with Gasteiger partial charge in [-0.1, -0.05) is 39.4 Å². The van der Waals surface area contributed by atoms with E-state index in [4.69, 9.17) is 5.73 Å². The monoisotopic (exact) mass is 268 g/mol. The summed E-state index contributed by atoms with van der Waals surface area (Å²) in [5.41, 5.74) is 7.77. The Bertz CT molecular complexity index is 445. The zero-order chi connectivity index (χ0) is 10.1. The van der Waals surface area contributed by atoms with Crippen LogP contribution in [0.4, 0.5) is 5.00 Å². The van der Waals surface area contributed by atoms with Gasteiger partial charge in [0.15, 0.2) is 0 Å². The molecule has 0 aliphatic heterocycles. The van der Waals surface area contributed by atoms with Crippen molar-refractivity contribution in [3.63, 3.8) is 0 Å². The maximum Gasteiger partial charge on any atom is 0.125 e. The van der Waals surface area contributed by atoms with Gasteiger partial charge in [0, 0.05) is 10.0 Å². The van der Waals surface area contributed by atoms with Crippen molar-refractivity contribution in [2.75, 3.05) is 5.73 Å². The third-order valence-corrected chi connectivity index (χ3v) is 3.43. The third kappa shape index (κ3) is 1.81. The number of nitrogens with two attached hydrogens (primary N) is 1. The number of aryl methyl sites for hydroxylation is 1. The van der Waals surface area contributed by atoms with Crippen LogP contribution in [0.3, 0.4) is 0 Å². The molecule has 0 atom stereocenters. The van der Waals surface area contributed by atoms with Crippen LogP contribution in [0, 0.1) is 6.92 Å². The fourth-order valence-corrected chi connectivity index (χ4v) is 2.38. The van der Waals surface area contributed by atoms with Crippen LogP contribution in [-0.2, 0) is 0 Å². The highest BCUT2D eigenvalue weighted by atomic mass is 79.9. The normalized spacial score (nSPS) is 10.4. The Hall–Kier alpha value is -0.870. The number of hydrogen-bond acceptors (Lipinski definition) is 3. The molecule has 0 fully saturated rings. The summed E-state index contributed by atoms with van der Waals surface area (Å²) >= 11 is 4.95. The number of benzene rings is 1. The highest BCUT2D eigenvalue weighted by molar-refractivity contribution is 9.10. The van der Waals surface area contributed by atoms with Gasteiger partial charge in [-0.25, -0.2) is 4.98 Å². The maximum atomic E-state index is 5.76. The summed E-state index contributed by atoms with van der Waals surface area (Å²) in [6, 6.07) is 8.06. The number of nitrogen functional groups attached to an aromatic ring is 1. The highest BCUT2D eigenvalue weighted by Gasteiger charge is 2.06. The van der Waals surface area contributed by atoms with Gasteiger partial charge in [0.2, 0.25) is 0 Å². The summed E-state index contributed by atoms with van der Waals surface area (Å²) in [5.74, 6) is 0. The van der Waals surface area contributed by atoms with E-state index in [0.717, 1.165) is 25.7 Å². The van der Waals surface area contributed by atoms with Gasteiger partial charge in [0.05, 0.1) is 5.69 Å². The number of halogens is 1. The van der Waals surface area contributed by atoms with Gasteiger partial charge in [-0.3, -0.25) is 0 Å². The number of rotatable bonds is 1. The van der Waals surface area contributed by atoms with E-state index in [2.05, 4.69) is 20.9 Å². The molecule has 1 heterocycles. The summed E-state index contributed by atoms with van der Waals surface area (Å²) in [5, 5.41) is 1.77. The zero-order valence-corrected chi connectivity index (χ0v) is 10.0. The van der Waals surface area contributed by atoms with Crippen molar-refractivity contribution in [3.05, 3.63) is 34.4 Å². The summed E-state index contributed by atoms with van der Waals surface area (Å²) in [6.07, 6.45) is 0. The lowest BCUT2D eigenvalue weighted by Crippen LogP contribution is -1.81. The quantitative estimate of drug-likeness (QED) is 0.861. The molecule has 72 valence electrons. The van der Waals surface area contributed by atoms with Crippen LogP contribution in [0.5, 0.6) is 0 Å². The minimum Gasteiger partial charge on any atom is -0.389 e. The summed E-state index contributed by atoms with van der Waals surface area (Å²) in [4.78, 5) is 4.39. The molecule has 0 saturated heterocycles. The van der Waals surface area contributed by atoms with Crippen LogP contribution < -0.4 is 5.73 Å². The first kappa shape index (κ1) is 9.68. The molecule has 2 N–H and O–H groups in total. The fourth-order valence-electron chi connectivity index (χ4n) is 1.15. The van der Waals surface area contributed by atoms with Gasteiger partial charge >= 0.3 is 0 Å². The van der Waals surface area contributed by atoms with E-state index in [1.54, 1.807) is 0 Å². The van der Waals surface area contributed by atoms with Crippen molar-refractivity contribution >= 4 is 32.3 Å². The van der Waals surface area contributed by atoms with Crippen LogP contribution in [0.25, 0.3) is 10.6 Å². The lowest BCUT2D eigenvalue weighted by Gasteiger charge is -1.95. The third-order valence-electron chi connectivity index (χ3n) is 1.90. The van der Waals surface area contributed by atoms with Crippen molar-refractivity contribution in [2.24, 2.45) is 0 Å². The molecule has 14 heavy (non-hydrogen) atoms. The molecule has 0 amide bonds. The topological polar surface area (TPSA) is 38.9 Å². The lowest BCUT2D eigenvalue weighted by atomic mass is 10.2. The molecule has 1 aromatic heterocycles. The first-order valence-corrected chi connectivity index (χ1v) is 5.76. The molecule has 0 spiro atoms. The van der Waals surface area contributed by atoms with Gasteiger partial charge in [-0.05, 0) is 19.1 Å². The Morgan fingerprint density at radius 2 is 2.21 bits per heavy atom. The predicted octanol–water partition coefficient (Wildman–Crippen LogP) is 3.46. The molecule has 1 aromatic carbocycles. The molecular formula is C10H9BrN2S. The van der Waals surface area contributed by atoms with Crippen LogP contribution in [0.15, 0.2) is 28.7 Å². The van der Waals surface area contributed by atoms with Gasteiger partial charge in [0.25, 0.3) is 0 Å². The van der Waals surface area contributed by atoms with Gasteiger partial charge in [-0.15, -0.1) is 0 Å². The van der Waals surface area contributed by atoms with Crippen LogP contribution >= 0.6 is 27.3 Å². The Morgan fingerprint density at radius 3 is 2.79 bits per heavy atom. The SMILES string of the molecule is Cc1nc(-c2cccc(Br)c2)sc1N. The highest BCUT2D eigenvalue weighted by Crippen LogP contribution is 2.30. The molecule has 2 aromatic rings. The van der Waals surface area contributed by atoms with E-state index < -0.39 is 0 Å². The van der Waals surface area contributed by atoms with Crippen LogP contribution in [0.2, 0.25) is 0 Å². The summed E-state index contributed by atoms with van der Waals surface area (Å²) < 4.78 is 1.06. The average molecular weight is 269 g/mol. The molecule has 0 aliphatic carbocycles. The molecule has 0 unspecified atom stereocenters. The molecular weight excluding hydrogens is 260 g/mol. The smallest absolute Gasteiger partial charge is 0.125 e. The van der Waals surface area contributed by atoms with Crippen molar-refractivity contribution in [3.8, 4) is 10.6 Å².